The van der Waals surface area contributed by atoms with Crippen molar-refractivity contribution in [3.63, 3.8) is 0 Å². The molecule has 0 fully saturated rings. The lowest BCUT2D eigenvalue weighted by Crippen LogP contribution is -2.34. The highest BCUT2D eigenvalue weighted by molar-refractivity contribution is 6.29. The zero-order chi connectivity index (χ0) is 25.4. The molecule has 0 aromatic carbocycles. The Hall–Kier alpha value is -3.25. The molecule has 2 amide bonds. The number of carbonyl (C=O) groups is 2. The Balaban J connectivity index is 0.000000331. The minimum absolute atomic E-state index is 0.278. The first-order chi connectivity index (χ1) is 15.1. The normalized spacial score (nSPS) is 11.0. The number of ether oxygens (including phenoxy) is 2. The van der Waals surface area contributed by atoms with Crippen LogP contribution in [0.2, 0.25) is 5.15 Å². The van der Waals surface area contributed by atoms with Crippen molar-refractivity contribution in [2.45, 2.75) is 52.7 Å². The molecule has 0 atom stereocenters. The highest BCUT2D eigenvalue weighted by Gasteiger charge is 2.22. The van der Waals surface area contributed by atoms with Crippen LogP contribution in [0.1, 0.15) is 41.5 Å². The van der Waals surface area contributed by atoms with E-state index in [0.717, 1.165) is 0 Å². The van der Waals surface area contributed by atoms with Crippen molar-refractivity contribution in [3.8, 4) is 0 Å². The van der Waals surface area contributed by atoms with Crippen molar-refractivity contribution in [3.05, 3.63) is 29.9 Å². The first-order valence-corrected chi connectivity index (χ1v) is 10.2. The lowest BCUT2D eigenvalue weighted by Gasteiger charge is -2.24. The number of aromatic nitrogens is 4. The number of nitrogens with one attached hydrogen (secondary N) is 1. The number of rotatable bonds is 3. The van der Waals surface area contributed by atoms with Crippen LogP contribution in [0.5, 0.6) is 0 Å². The molecule has 2 heterocycles. The summed E-state index contributed by atoms with van der Waals surface area (Å²) in [6, 6.07) is 3.04. The van der Waals surface area contributed by atoms with Gasteiger partial charge in [0.15, 0.2) is 0 Å². The number of hydrazine groups is 1. The first-order valence-electron chi connectivity index (χ1n) is 9.82. The van der Waals surface area contributed by atoms with Crippen molar-refractivity contribution in [1.29, 1.82) is 0 Å². The Morgan fingerprint density at radius 2 is 1.27 bits per heavy atom. The summed E-state index contributed by atoms with van der Waals surface area (Å²) >= 11 is 5.70. The molecule has 0 saturated carbocycles. The number of halogens is 1. The van der Waals surface area contributed by atoms with Crippen LogP contribution < -0.4 is 21.1 Å². The van der Waals surface area contributed by atoms with E-state index in [1.807, 2.05) is 0 Å². The average Bonchev–Trinajstić information content (AvgIpc) is 2.70. The number of nitrogens with zero attached hydrogens (tertiary/aromatic N) is 6. The second kappa shape index (κ2) is 11.6. The minimum atomic E-state index is -0.548. The maximum absolute atomic E-state index is 11.8. The third kappa shape index (κ3) is 10.3. The molecule has 13 heteroatoms. The van der Waals surface area contributed by atoms with Crippen LogP contribution in [0.25, 0.3) is 0 Å². The van der Waals surface area contributed by atoms with Gasteiger partial charge < -0.3 is 14.9 Å². The summed E-state index contributed by atoms with van der Waals surface area (Å²) < 4.78 is 10.4. The third-order valence-corrected chi connectivity index (χ3v) is 3.65. The van der Waals surface area contributed by atoms with Gasteiger partial charge in [0.25, 0.3) is 0 Å². The van der Waals surface area contributed by atoms with E-state index < -0.39 is 23.4 Å². The Morgan fingerprint density at radius 1 is 0.848 bits per heavy atom. The predicted molar refractivity (Wildman–Crippen MR) is 126 cm³/mol. The quantitative estimate of drug-likeness (QED) is 0.377. The van der Waals surface area contributed by atoms with Crippen LogP contribution in [0, 0.1) is 0 Å². The van der Waals surface area contributed by atoms with Crippen LogP contribution in [0.4, 0.5) is 27.0 Å². The maximum atomic E-state index is 11.8. The SMILES string of the molecule is CN(C(=O)OC(C)(C)C)c1cc(Cl)ncn1.CN(C(=O)OC(C)(C)C)c1cc(NN)ncn1. The molecule has 2 aromatic rings. The Labute approximate surface area is 198 Å². The molecule has 0 aliphatic rings. The van der Waals surface area contributed by atoms with Crippen molar-refractivity contribution in [2.24, 2.45) is 5.84 Å². The zero-order valence-corrected chi connectivity index (χ0v) is 20.8. The monoisotopic (exact) mass is 482 g/mol. The second-order valence-electron chi connectivity index (χ2n) is 8.68. The van der Waals surface area contributed by atoms with Crippen LogP contribution in [0.3, 0.4) is 0 Å². The van der Waals surface area contributed by atoms with Gasteiger partial charge in [0, 0.05) is 26.2 Å². The highest BCUT2D eigenvalue weighted by Crippen LogP contribution is 2.17. The molecule has 0 radical (unpaired) electrons. The number of hydrogen-bond acceptors (Lipinski definition) is 10. The molecule has 2 rings (SSSR count). The number of hydrogen-bond donors (Lipinski definition) is 2. The number of anilines is 3. The fourth-order valence-electron chi connectivity index (χ4n) is 1.96. The van der Waals surface area contributed by atoms with E-state index in [4.69, 9.17) is 26.9 Å². The van der Waals surface area contributed by atoms with Crippen molar-refractivity contribution in [1.82, 2.24) is 19.9 Å². The molecule has 0 aliphatic carbocycles. The fourth-order valence-corrected chi connectivity index (χ4v) is 2.11. The molecule has 0 spiro atoms. The zero-order valence-electron chi connectivity index (χ0n) is 20.1. The summed E-state index contributed by atoms with van der Waals surface area (Å²) in [7, 11) is 3.13. The maximum Gasteiger partial charge on any atom is 0.415 e. The lowest BCUT2D eigenvalue weighted by atomic mass is 10.2. The molecule has 0 unspecified atom stereocenters. The summed E-state index contributed by atoms with van der Waals surface area (Å²) in [6.07, 6.45) is 1.63. The Bertz CT molecular complexity index is 946. The molecule has 33 heavy (non-hydrogen) atoms. The topological polar surface area (TPSA) is 149 Å². The average molecular weight is 483 g/mol. The molecule has 0 bridgehead atoms. The van der Waals surface area contributed by atoms with Crippen LogP contribution in [-0.4, -0.2) is 57.4 Å². The number of amides is 2. The van der Waals surface area contributed by atoms with E-state index >= 15 is 0 Å². The first kappa shape index (κ1) is 27.8. The van der Waals surface area contributed by atoms with Crippen LogP contribution in [0.15, 0.2) is 24.8 Å². The van der Waals surface area contributed by atoms with E-state index in [-0.39, 0.29) is 5.15 Å². The third-order valence-electron chi connectivity index (χ3n) is 3.44. The summed E-state index contributed by atoms with van der Waals surface area (Å²) in [5, 5.41) is 0.278. The Kier molecular flexibility index (Phi) is 9.74. The Morgan fingerprint density at radius 3 is 1.67 bits per heavy atom. The smallest absolute Gasteiger partial charge is 0.415 e. The molecule has 182 valence electrons. The van der Waals surface area contributed by atoms with E-state index in [9.17, 15) is 9.59 Å². The lowest BCUT2D eigenvalue weighted by molar-refractivity contribution is 0.0577. The summed E-state index contributed by atoms with van der Waals surface area (Å²) in [5.74, 6) is 6.45. The largest absolute Gasteiger partial charge is 0.443 e. The van der Waals surface area contributed by atoms with Gasteiger partial charge in [-0.3, -0.25) is 9.80 Å². The van der Waals surface area contributed by atoms with Gasteiger partial charge in [-0.1, -0.05) is 11.6 Å². The van der Waals surface area contributed by atoms with Gasteiger partial charge >= 0.3 is 12.2 Å². The molecule has 0 saturated heterocycles. The van der Waals surface area contributed by atoms with Gasteiger partial charge in [-0.15, -0.1) is 0 Å². The van der Waals surface area contributed by atoms with E-state index in [2.05, 4.69) is 25.4 Å². The number of carbonyl (C=O) groups excluding carboxylic acids is 2. The number of nitrogens with two attached hydrogens (primary N) is 1. The minimum Gasteiger partial charge on any atom is -0.443 e. The summed E-state index contributed by atoms with van der Waals surface area (Å²) in [4.78, 5) is 41.4. The van der Waals surface area contributed by atoms with Gasteiger partial charge in [0.1, 0.15) is 46.5 Å². The molecule has 0 aliphatic heterocycles. The van der Waals surface area contributed by atoms with Crippen molar-refractivity contribution in [2.75, 3.05) is 29.3 Å². The fraction of sp³-hybridized carbons (Fsp3) is 0.500. The van der Waals surface area contributed by atoms with Crippen molar-refractivity contribution < 1.29 is 19.1 Å². The van der Waals surface area contributed by atoms with E-state index in [1.54, 1.807) is 61.7 Å². The van der Waals surface area contributed by atoms with Gasteiger partial charge in [-0.2, -0.15) is 0 Å². The summed E-state index contributed by atoms with van der Waals surface area (Å²) in [6.45, 7) is 10.8. The van der Waals surface area contributed by atoms with Gasteiger partial charge in [0.05, 0.1) is 0 Å². The standard InChI is InChI=1S/C10H14ClN3O2.C10H17N5O2/c1-10(2,3)16-9(15)14(4)8-5-7(11)12-6-13-8;1-10(2,3)17-9(16)15(4)8-5-7(14-11)12-6-13-8/h5-6H,1-4H3;5-6H,11H2,1-4H3,(H,12,13,14). The number of nitrogen functional groups attached to an aromatic ring is 1. The van der Waals surface area contributed by atoms with E-state index in [1.165, 1.54) is 28.5 Å². The highest BCUT2D eigenvalue weighted by atomic mass is 35.5. The van der Waals surface area contributed by atoms with Crippen molar-refractivity contribution >= 4 is 41.2 Å². The molecule has 3 N–H and O–H groups in total. The van der Waals surface area contributed by atoms with Crippen LogP contribution in [-0.2, 0) is 9.47 Å². The van der Waals surface area contributed by atoms with Gasteiger partial charge in [-0.05, 0) is 41.5 Å². The predicted octanol–water partition coefficient (Wildman–Crippen LogP) is 3.63. The summed E-state index contributed by atoms with van der Waals surface area (Å²) in [5.41, 5.74) is 1.29. The van der Waals surface area contributed by atoms with E-state index in [0.29, 0.717) is 17.5 Å². The van der Waals surface area contributed by atoms with Gasteiger partial charge in [0.2, 0.25) is 0 Å². The molecular weight excluding hydrogens is 452 g/mol. The molecule has 2 aromatic heterocycles. The molecule has 12 nitrogen and oxygen atoms in total. The second-order valence-corrected chi connectivity index (χ2v) is 9.07. The van der Waals surface area contributed by atoms with Gasteiger partial charge in [-0.25, -0.2) is 35.4 Å². The van der Waals surface area contributed by atoms with Crippen LogP contribution >= 0.6 is 11.6 Å². The molecular formula is C20H31ClN8O4.